The van der Waals surface area contributed by atoms with Gasteiger partial charge in [0.05, 0.1) is 23.5 Å². The minimum atomic E-state index is -1.35. The van der Waals surface area contributed by atoms with E-state index >= 15 is 0 Å². The van der Waals surface area contributed by atoms with Crippen LogP contribution in [-0.4, -0.2) is 20.5 Å². The van der Waals surface area contributed by atoms with Crippen molar-refractivity contribution in [1.82, 2.24) is 14.5 Å². The minimum absolute atomic E-state index is 0. The molecule has 0 N–H and O–H groups in total. The number of hydrogen-bond donors (Lipinski definition) is 0. The molecule has 0 saturated carbocycles. The van der Waals surface area contributed by atoms with Crippen LogP contribution in [0.2, 0.25) is 0 Å². The van der Waals surface area contributed by atoms with E-state index in [-0.39, 0.29) is 40.5 Å². The van der Waals surface area contributed by atoms with E-state index < -0.39 is 11.8 Å². The van der Waals surface area contributed by atoms with E-state index in [4.69, 9.17) is 0 Å². The molecule has 27 heavy (non-hydrogen) atoms. The van der Waals surface area contributed by atoms with E-state index in [2.05, 4.69) is 9.97 Å². The Morgan fingerprint density at radius 2 is 1.89 bits per heavy atom. The van der Waals surface area contributed by atoms with Gasteiger partial charge in [0.25, 0.3) is 0 Å². The van der Waals surface area contributed by atoms with Crippen LogP contribution in [0.15, 0.2) is 61.2 Å². The van der Waals surface area contributed by atoms with E-state index in [1.165, 1.54) is 18.2 Å². The van der Waals surface area contributed by atoms with Crippen LogP contribution < -0.4 is 34.7 Å². The Hall–Kier alpha value is -2.54. The molecule has 2 aromatic carbocycles. The molecular weight excluding hydrogens is 356 g/mol. The summed E-state index contributed by atoms with van der Waals surface area (Å²) >= 11 is 0. The number of carboxylic acid groups (broad SMARTS) is 1. The predicted molar refractivity (Wildman–Crippen MR) is 93.3 cm³/mol. The number of hydrogen-bond acceptors (Lipinski definition) is 4. The summed E-state index contributed by atoms with van der Waals surface area (Å²) in [6, 6.07) is 11.4. The summed E-state index contributed by atoms with van der Waals surface area (Å²) in [5.41, 5.74) is 3.03. The van der Waals surface area contributed by atoms with Gasteiger partial charge in [0.1, 0.15) is 5.82 Å². The van der Waals surface area contributed by atoms with Crippen molar-refractivity contribution in [2.45, 2.75) is 6.92 Å². The molecule has 0 atom stereocenters. The van der Waals surface area contributed by atoms with Gasteiger partial charge in [0, 0.05) is 34.6 Å². The fourth-order valence-electron chi connectivity index (χ4n) is 3.08. The van der Waals surface area contributed by atoms with Gasteiger partial charge in [-0.05, 0) is 42.8 Å². The standard InChI is InChI=1S/C20H14FN3O2.Na/c1-12-18(20(25)26)16-10-14(21)4-7-17(16)23-19(12)13-2-5-15(6-3-13)24-9-8-22-11-24;/h2-11H,1H3,(H,25,26);/q;+1/p-1. The quantitative estimate of drug-likeness (QED) is 0.473. The molecule has 0 aliphatic rings. The molecule has 7 heteroatoms. The number of imidazole rings is 1. The second-order valence-corrected chi connectivity index (χ2v) is 5.93. The second kappa shape index (κ2) is 7.60. The van der Waals surface area contributed by atoms with Crippen LogP contribution in [0.1, 0.15) is 15.9 Å². The van der Waals surface area contributed by atoms with Crippen molar-refractivity contribution < 1.29 is 43.8 Å². The molecule has 0 aliphatic heterocycles. The number of pyridine rings is 1. The fourth-order valence-corrected chi connectivity index (χ4v) is 3.08. The van der Waals surface area contributed by atoms with Gasteiger partial charge in [-0.25, -0.2) is 14.4 Å². The maximum Gasteiger partial charge on any atom is 1.00 e. The van der Waals surface area contributed by atoms with Gasteiger partial charge in [-0.3, -0.25) is 0 Å². The monoisotopic (exact) mass is 369 g/mol. The number of carbonyl (C=O) groups excluding carboxylic acids is 1. The number of carbonyl (C=O) groups is 1. The first-order valence-electron chi connectivity index (χ1n) is 7.94. The Morgan fingerprint density at radius 3 is 2.52 bits per heavy atom. The molecule has 0 radical (unpaired) electrons. The van der Waals surface area contributed by atoms with Gasteiger partial charge < -0.3 is 14.5 Å². The van der Waals surface area contributed by atoms with Gasteiger partial charge in [0.15, 0.2) is 0 Å². The molecule has 4 aromatic rings. The molecule has 0 bridgehead atoms. The Morgan fingerprint density at radius 1 is 1.15 bits per heavy atom. The zero-order chi connectivity index (χ0) is 18.3. The molecular formula is C20H13FN3NaO2. The molecule has 4 rings (SSSR count). The summed E-state index contributed by atoms with van der Waals surface area (Å²) in [6.07, 6.45) is 5.21. The predicted octanol–water partition coefficient (Wildman–Crippen LogP) is -0.0975. The summed E-state index contributed by atoms with van der Waals surface area (Å²) in [4.78, 5) is 20.2. The van der Waals surface area contributed by atoms with E-state index in [1.54, 1.807) is 19.4 Å². The normalized spacial score (nSPS) is 10.6. The van der Waals surface area contributed by atoms with E-state index in [0.29, 0.717) is 16.8 Å². The number of benzene rings is 2. The molecule has 0 amide bonds. The molecule has 0 spiro atoms. The Labute approximate surface area is 176 Å². The third-order valence-corrected chi connectivity index (χ3v) is 4.34. The minimum Gasteiger partial charge on any atom is -0.545 e. The number of fused-ring (bicyclic) bond motifs is 1. The number of nitrogens with zero attached hydrogens (tertiary/aromatic N) is 3. The Balaban J connectivity index is 0.00000210. The third kappa shape index (κ3) is 3.51. The van der Waals surface area contributed by atoms with Crippen LogP contribution in [0.25, 0.3) is 27.8 Å². The van der Waals surface area contributed by atoms with Crippen molar-refractivity contribution in [3.63, 3.8) is 0 Å². The topological polar surface area (TPSA) is 70.8 Å². The van der Waals surface area contributed by atoms with Crippen LogP contribution >= 0.6 is 0 Å². The number of carboxylic acids is 1. The van der Waals surface area contributed by atoms with Crippen LogP contribution in [-0.2, 0) is 0 Å². The smallest absolute Gasteiger partial charge is 0.545 e. The summed E-state index contributed by atoms with van der Waals surface area (Å²) in [6.45, 7) is 1.65. The Bertz CT molecular complexity index is 1130. The number of halogens is 1. The molecule has 0 fully saturated rings. The van der Waals surface area contributed by atoms with Crippen molar-refractivity contribution in [1.29, 1.82) is 0 Å². The van der Waals surface area contributed by atoms with Gasteiger partial charge in [-0.1, -0.05) is 12.1 Å². The molecule has 2 heterocycles. The first-order chi connectivity index (χ1) is 12.5. The number of aromatic nitrogens is 3. The van der Waals surface area contributed by atoms with E-state index in [9.17, 15) is 14.3 Å². The third-order valence-electron chi connectivity index (χ3n) is 4.34. The molecule has 0 saturated heterocycles. The molecule has 0 unspecified atom stereocenters. The molecule has 5 nitrogen and oxygen atoms in total. The zero-order valence-electron chi connectivity index (χ0n) is 14.8. The van der Waals surface area contributed by atoms with Crippen molar-refractivity contribution >= 4 is 16.9 Å². The van der Waals surface area contributed by atoms with E-state index in [1.807, 2.05) is 35.0 Å². The van der Waals surface area contributed by atoms with Gasteiger partial charge >= 0.3 is 29.6 Å². The number of rotatable bonds is 3. The molecule has 2 aromatic heterocycles. The average Bonchev–Trinajstić information content (AvgIpc) is 3.15. The molecule has 128 valence electrons. The van der Waals surface area contributed by atoms with Crippen molar-refractivity contribution in [3.8, 4) is 16.9 Å². The van der Waals surface area contributed by atoms with Gasteiger partial charge in [-0.2, -0.15) is 0 Å². The van der Waals surface area contributed by atoms with Crippen LogP contribution in [0.3, 0.4) is 0 Å². The van der Waals surface area contributed by atoms with Crippen LogP contribution in [0.4, 0.5) is 4.39 Å². The first-order valence-corrected chi connectivity index (χ1v) is 7.94. The molecule has 0 aliphatic carbocycles. The zero-order valence-corrected chi connectivity index (χ0v) is 16.8. The maximum atomic E-state index is 13.6. The van der Waals surface area contributed by atoms with Crippen LogP contribution in [0, 0.1) is 12.7 Å². The van der Waals surface area contributed by atoms with Crippen molar-refractivity contribution in [3.05, 3.63) is 78.1 Å². The summed E-state index contributed by atoms with van der Waals surface area (Å²) in [5.74, 6) is -1.87. The average molecular weight is 369 g/mol. The second-order valence-electron chi connectivity index (χ2n) is 5.93. The van der Waals surface area contributed by atoms with E-state index in [0.717, 1.165) is 11.3 Å². The van der Waals surface area contributed by atoms with Crippen LogP contribution in [0.5, 0.6) is 0 Å². The largest absolute Gasteiger partial charge is 1.00 e. The SMILES string of the molecule is Cc1c(-c2ccc(-n3ccnc3)cc2)nc2ccc(F)cc2c1C(=O)[O-].[Na+]. The Kier molecular flexibility index (Phi) is 5.41. The number of aromatic carboxylic acids is 1. The van der Waals surface area contributed by atoms with Gasteiger partial charge in [0.2, 0.25) is 0 Å². The summed E-state index contributed by atoms with van der Waals surface area (Å²) in [7, 11) is 0. The first kappa shape index (κ1) is 19.2. The van der Waals surface area contributed by atoms with Crippen molar-refractivity contribution in [2.24, 2.45) is 0 Å². The maximum absolute atomic E-state index is 13.6. The summed E-state index contributed by atoms with van der Waals surface area (Å²) < 4.78 is 15.4. The fraction of sp³-hybridized carbons (Fsp3) is 0.0500. The van der Waals surface area contributed by atoms with Crippen molar-refractivity contribution in [2.75, 3.05) is 0 Å². The summed E-state index contributed by atoms with van der Waals surface area (Å²) in [5, 5.41) is 11.9. The van der Waals surface area contributed by atoms with Gasteiger partial charge in [-0.15, -0.1) is 0 Å².